The Morgan fingerprint density at radius 3 is 1.18 bits per heavy atom. The van der Waals surface area contributed by atoms with Crippen LogP contribution in [0.15, 0.2) is 48.6 Å². The van der Waals surface area contributed by atoms with Crippen LogP contribution in [0.5, 0.6) is 0 Å². The van der Waals surface area contributed by atoms with Crippen LogP contribution in [0.2, 0.25) is 0 Å². The van der Waals surface area contributed by atoms with E-state index in [9.17, 15) is 9.59 Å². The molecule has 0 saturated heterocycles. The van der Waals surface area contributed by atoms with E-state index in [1.54, 1.807) is 0 Å². The maximum atomic E-state index is 12.8. The molecular weight excluding hydrogens is 741 g/mol. The third-order valence-corrected chi connectivity index (χ3v) is 11.4. The molecule has 0 N–H and O–H groups in total. The quantitative estimate of drug-likeness (QED) is 0.0347. The lowest BCUT2D eigenvalue weighted by molar-refractivity contribution is -0.163. The normalized spacial score (nSPS) is 12.5. The van der Waals surface area contributed by atoms with Crippen LogP contribution < -0.4 is 0 Å². The summed E-state index contributed by atoms with van der Waals surface area (Å²) in [6.07, 6.45) is 62.7. The Bertz CT molecular complexity index is 997. The van der Waals surface area contributed by atoms with Crippen LogP contribution in [0.1, 0.15) is 265 Å². The molecule has 0 bridgehead atoms. The van der Waals surface area contributed by atoms with Crippen molar-refractivity contribution < 1.29 is 23.8 Å². The number of rotatable bonds is 48. The number of hydrogen-bond acceptors (Lipinski definition) is 5. The van der Waals surface area contributed by atoms with E-state index < -0.39 is 6.10 Å². The molecule has 0 heterocycles. The highest BCUT2D eigenvalue weighted by atomic mass is 16.6. The standard InChI is InChI=1S/C55H100O5/c1-4-7-10-13-16-19-22-24-26-28-29-31-34-36-39-42-45-48-54(56)59-52-53(60-55(57)49-46-43-40-37-33-21-18-15-12-9-6-3)51-58-50-47-44-41-38-35-32-30-27-25-23-20-17-14-11-8-5-2/h8,11,17,20,25,27,32,35,53H,4-7,9-10,12-16,18-19,21-24,26,28-31,33-34,36-52H2,1-3H3/b11-8-,20-17-,27-25-,35-32-. The van der Waals surface area contributed by atoms with E-state index in [-0.39, 0.29) is 25.2 Å². The van der Waals surface area contributed by atoms with Gasteiger partial charge in [-0.15, -0.1) is 0 Å². The number of hydrogen-bond donors (Lipinski definition) is 0. The molecule has 0 aromatic heterocycles. The fourth-order valence-corrected chi connectivity index (χ4v) is 7.50. The van der Waals surface area contributed by atoms with E-state index in [1.165, 1.54) is 154 Å². The van der Waals surface area contributed by atoms with Gasteiger partial charge in [0.15, 0.2) is 6.10 Å². The third-order valence-electron chi connectivity index (χ3n) is 11.4. The average molecular weight is 841 g/mol. The topological polar surface area (TPSA) is 61.8 Å². The van der Waals surface area contributed by atoms with Crippen LogP contribution in [0, 0.1) is 0 Å². The predicted molar refractivity (Wildman–Crippen MR) is 261 cm³/mol. The molecule has 350 valence electrons. The van der Waals surface area contributed by atoms with Gasteiger partial charge in [0.2, 0.25) is 0 Å². The van der Waals surface area contributed by atoms with Crippen molar-refractivity contribution in [3.8, 4) is 0 Å². The van der Waals surface area contributed by atoms with Crippen molar-refractivity contribution in [2.45, 2.75) is 271 Å². The molecule has 60 heavy (non-hydrogen) atoms. The summed E-state index contributed by atoms with van der Waals surface area (Å²) in [7, 11) is 0. The SMILES string of the molecule is CC/C=C\C/C=C\C/C=C\C/C=C\CCCCCOCC(COC(=O)CCCCCCCCCCCCCCCCCCC)OC(=O)CCCCCCCCCCCCC. The Balaban J connectivity index is 4.25. The molecule has 5 nitrogen and oxygen atoms in total. The highest BCUT2D eigenvalue weighted by Gasteiger charge is 2.17. The first-order valence-electron chi connectivity index (χ1n) is 26.2. The molecule has 0 aromatic rings. The van der Waals surface area contributed by atoms with Crippen molar-refractivity contribution in [2.75, 3.05) is 19.8 Å². The molecule has 5 heteroatoms. The number of unbranched alkanes of at least 4 members (excludes halogenated alkanes) is 29. The van der Waals surface area contributed by atoms with Crippen LogP contribution in [0.25, 0.3) is 0 Å². The monoisotopic (exact) mass is 841 g/mol. The molecule has 0 fully saturated rings. The summed E-state index contributed by atoms with van der Waals surface area (Å²) < 4.78 is 17.4. The zero-order chi connectivity index (χ0) is 43.5. The fourth-order valence-electron chi connectivity index (χ4n) is 7.50. The number of carbonyl (C=O) groups is 2. The average Bonchev–Trinajstić information content (AvgIpc) is 3.25. The van der Waals surface area contributed by atoms with E-state index in [1.807, 2.05) is 0 Å². The van der Waals surface area contributed by atoms with Gasteiger partial charge in [0.1, 0.15) is 6.61 Å². The minimum atomic E-state index is -0.547. The van der Waals surface area contributed by atoms with Gasteiger partial charge in [0, 0.05) is 19.4 Å². The van der Waals surface area contributed by atoms with Crippen LogP contribution >= 0.6 is 0 Å². The Morgan fingerprint density at radius 1 is 0.383 bits per heavy atom. The van der Waals surface area contributed by atoms with Crippen LogP contribution in [-0.4, -0.2) is 37.9 Å². The van der Waals surface area contributed by atoms with Gasteiger partial charge in [-0.2, -0.15) is 0 Å². The molecule has 1 unspecified atom stereocenters. The summed E-state index contributed by atoms with van der Waals surface area (Å²) in [4.78, 5) is 25.4. The van der Waals surface area contributed by atoms with Crippen LogP contribution in [0.3, 0.4) is 0 Å². The molecule has 0 aliphatic carbocycles. The van der Waals surface area contributed by atoms with Crippen molar-refractivity contribution >= 4 is 11.9 Å². The third kappa shape index (κ3) is 48.5. The predicted octanol–water partition coefficient (Wildman–Crippen LogP) is 17.6. The van der Waals surface area contributed by atoms with Crippen molar-refractivity contribution in [3.05, 3.63) is 48.6 Å². The van der Waals surface area contributed by atoms with Crippen molar-refractivity contribution in [1.82, 2.24) is 0 Å². The molecule has 0 radical (unpaired) electrons. The fraction of sp³-hybridized carbons (Fsp3) is 0.818. The second-order valence-corrected chi connectivity index (χ2v) is 17.4. The summed E-state index contributed by atoms with van der Waals surface area (Å²) >= 11 is 0. The number of allylic oxidation sites excluding steroid dienone is 8. The minimum absolute atomic E-state index is 0.0770. The van der Waals surface area contributed by atoms with Crippen molar-refractivity contribution in [3.63, 3.8) is 0 Å². The van der Waals surface area contributed by atoms with Crippen LogP contribution in [0.4, 0.5) is 0 Å². The second kappa shape index (κ2) is 51.2. The summed E-state index contributed by atoms with van der Waals surface area (Å²) in [5, 5.41) is 0. The first-order chi connectivity index (χ1) is 29.6. The first-order valence-corrected chi connectivity index (χ1v) is 26.2. The van der Waals surface area contributed by atoms with Gasteiger partial charge in [-0.1, -0.05) is 243 Å². The van der Waals surface area contributed by atoms with Gasteiger partial charge >= 0.3 is 11.9 Å². The highest BCUT2D eigenvalue weighted by molar-refractivity contribution is 5.70. The number of esters is 2. The zero-order valence-electron chi connectivity index (χ0n) is 40.2. The van der Waals surface area contributed by atoms with E-state index in [0.29, 0.717) is 19.4 Å². The number of ether oxygens (including phenoxy) is 3. The molecule has 0 spiro atoms. The maximum absolute atomic E-state index is 12.8. The summed E-state index contributed by atoms with van der Waals surface area (Å²) in [5.41, 5.74) is 0. The molecule has 1 atom stereocenters. The second-order valence-electron chi connectivity index (χ2n) is 17.4. The van der Waals surface area contributed by atoms with E-state index >= 15 is 0 Å². The number of carbonyl (C=O) groups excluding carboxylic acids is 2. The van der Waals surface area contributed by atoms with Crippen LogP contribution in [-0.2, 0) is 23.8 Å². The van der Waals surface area contributed by atoms with Gasteiger partial charge in [0.05, 0.1) is 6.61 Å². The first kappa shape index (κ1) is 57.9. The Labute approximate surface area is 373 Å². The van der Waals surface area contributed by atoms with E-state index in [4.69, 9.17) is 14.2 Å². The lowest BCUT2D eigenvalue weighted by atomic mass is 10.0. The largest absolute Gasteiger partial charge is 0.462 e. The van der Waals surface area contributed by atoms with Crippen molar-refractivity contribution in [2.24, 2.45) is 0 Å². The van der Waals surface area contributed by atoms with Gasteiger partial charge in [-0.3, -0.25) is 9.59 Å². The van der Waals surface area contributed by atoms with Gasteiger partial charge < -0.3 is 14.2 Å². The summed E-state index contributed by atoms with van der Waals surface area (Å²) in [5.74, 6) is -0.403. The Hall–Kier alpha value is -2.14. The molecule has 0 aromatic carbocycles. The van der Waals surface area contributed by atoms with Gasteiger partial charge in [0.25, 0.3) is 0 Å². The maximum Gasteiger partial charge on any atom is 0.306 e. The smallest absolute Gasteiger partial charge is 0.306 e. The van der Waals surface area contributed by atoms with E-state index in [2.05, 4.69) is 69.4 Å². The van der Waals surface area contributed by atoms with E-state index in [0.717, 1.165) is 77.0 Å². The summed E-state index contributed by atoms with van der Waals surface area (Å²) in [6.45, 7) is 7.68. The van der Waals surface area contributed by atoms with Gasteiger partial charge in [-0.25, -0.2) is 0 Å². The lowest BCUT2D eigenvalue weighted by Gasteiger charge is -2.18. The summed E-state index contributed by atoms with van der Waals surface area (Å²) in [6, 6.07) is 0. The molecule has 0 aliphatic rings. The Kier molecular flexibility index (Phi) is 49.4. The van der Waals surface area contributed by atoms with Gasteiger partial charge in [-0.05, 0) is 57.8 Å². The molecule has 0 amide bonds. The molecule has 0 saturated carbocycles. The minimum Gasteiger partial charge on any atom is -0.462 e. The molecule has 0 aliphatic heterocycles. The molecule has 0 rings (SSSR count). The zero-order valence-corrected chi connectivity index (χ0v) is 40.2. The lowest BCUT2D eigenvalue weighted by Crippen LogP contribution is -2.30. The molecular formula is C55H100O5. The Morgan fingerprint density at radius 2 is 0.750 bits per heavy atom. The highest BCUT2D eigenvalue weighted by Crippen LogP contribution is 2.16. The van der Waals surface area contributed by atoms with Crippen molar-refractivity contribution in [1.29, 1.82) is 0 Å².